The Kier molecular flexibility index (Phi) is 3.21. The van der Waals surface area contributed by atoms with Crippen LogP contribution in [0.1, 0.15) is 21.5 Å². The van der Waals surface area contributed by atoms with Crippen molar-refractivity contribution in [2.75, 3.05) is 5.32 Å². The maximum Gasteiger partial charge on any atom is 0.338 e. The Labute approximate surface area is 116 Å². The lowest BCUT2D eigenvalue weighted by Crippen LogP contribution is -2.06. The molecule has 0 spiro atoms. The first-order chi connectivity index (χ1) is 9.72. The zero-order valence-electron chi connectivity index (χ0n) is 10.8. The third-order valence-electron chi connectivity index (χ3n) is 3.18. The van der Waals surface area contributed by atoms with E-state index in [2.05, 4.69) is 5.32 Å². The Balaban J connectivity index is 1.69. The van der Waals surface area contributed by atoms with Crippen LogP contribution in [0.3, 0.4) is 0 Å². The van der Waals surface area contributed by atoms with E-state index in [1.54, 1.807) is 18.2 Å². The summed E-state index contributed by atoms with van der Waals surface area (Å²) in [5, 5.41) is 2.72. The molecule has 3 rings (SSSR count). The number of hydrogen-bond acceptors (Lipinski definition) is 3. The molecule has 0 radical (unpaired) electrons. The van der Waals surface area contributed by atoms with E-state index in [0.29, 0.717) is 17.7 Å². The summed E-state index contributed by atoms with van der Waals surface area (Å²) in [5.41, 5.74) is 3.00. The van der Waals surface area contributed by atoms with Crippen molar-refractivity contribution in [1.82, 2.24) is 0 Å². The topological polar surface area (TPSA) is 55.4 Å². The van der Waals surface area contributed by atoms with Crippen LogP contribution in [0.25, 0.3) is 0 Å². The maximum absolute atomic E-state index is 12.0. The van der Waals surface area contributed by atoms with E-state index in [-0.39, 0.29) is 12.5 Å². The summed E-state index contributed by atoms with van der Waals surface area (Å²) in [7, 11) is 0. The minimum atomic E-state index is -0.391. The van der Waals surface area contributed by atoms with Gasteiger partial charge in [-0.1, -0.05) is 36.4 Å². The second kappa shape index (κ2) is 5.17. The van der Waals surface area contributed by atoms with Crippen molar-refractivity contribution in [3.63, 3.8) is 0 Å². The molecule has 0 saturated carbocycles. The fourth-order valence-electron chi connectivity index (χ4n) is 2.15. The highest BCUT2D eigenvalue weighted by atomic mass is 16.5. The molecule has 100 valence electrons. The SMILES string of the molecule is O=C1Cc2ccc(C(=O)OCc3ccccc3)cc2N1. The number of rotatable bonds is 3. The normalized spacial score (nSPS) is 12.7. The molecule has 1 amide bonds. The van der Waals surface area contributed by atoms with Crippen LogP contribution in [0.5, 0.6) is 0 Å². The van der Waals surface area contributed by atoms with Gasteiger partial charge in [0.15, 0.2) is 0 Å². The van der Waals surface area contributed by atoms with Crippen LogP contribution in [0.4, 0.5) is 5.69 Å². The van der Waals surface area contributed by atoms with Crippen molar-refractivity contribution < 1.29 is 14.3 Å². The van der Waals surface area contributed by atoms with E-state index in [1.807, 2.05) is 30.3 Å². The number of esters is 1. The fraction of sp³-hybridized carbons (Fsp3) is 0.125. The van der Waals surface area contributed by atoms with Gasteiger partial charge in [0, 0.05) is 5.69 Å². The van der Waals surface area contributed by atoms with Crippen molar-refractivity contribution in [2.45, 2.75) is 13.0 Å². The molecule has 0 atom stereocenters. The van der Waals surface area contributed by atoms with E-state index in [9.17, 15) is 9.59 Å². The van der Waals surface area contributed by atoms with Gasteiger partial charge in [-0.15, -0.1) is 0 Å². The number of hydrogen-bond donors (Lipinski definition) is 1. The molecule has 2 aromatic rings. The van der Waals surface area contributed by atoms with Crippen LogP contribution >= 0.6 is 0 Å². The van der Waals surface area contributed by atoms with Crippen molar-refractivity contribution in [3.05, 3.63) is 65.2 Å². The Bertz CT molecular complexity index is 665. The van der Waals surface area contributed by atoms with Gasteiger partial charge >= 0.3 is 5.97 Å². The first-order valence-corrected chi connectivity index (χ1v) is 6.36. The molecule has 0 aliphatic carbocycles. The maximum atomic E-state index is 12.0. The van der Waals surface area contributed by atoms with Gasteiger partial charge in [-0.05, 0) is 23.3 Å². The number of nitrogens with one attached hydrogen (secondary N) is 1. The van der Waals surface area contributed by atoms with Crippen molar-refractivity contribution in [1.29, 1.82) is 0 Å². The molecule has 4 heteroatoms. The summed E-state index contributed by atoms with van der Waals surface area (Å²) >= 11 is 0. The van der Waals surface area contributed by atoms with E-state index >= 15 is 0 Å². The molecule has 1 heterocycles. The van der Waals surface area contributed by atoms with Gasteiger partial charge in [-0.3, -0.25) is 4.79 Å². The third kappa shape index (κ3) is 2.54. The zero-order valence-corrected chi connectivity index (χ0v) is 10.8. The van der Waals surface area contributed by atoms with Crippen LogP contribution in [0.2, 0.25) is 0 Å². The Morgan fingerprint density at radius 3 is 2.75 bits per heavy atom. The first kappa shape index (κ1) is 12.4. The molecule has 4 nitrogen and oxygen atoms in total. The lowest BCUT2D eigenvalue weighted by molar-refractivity contribution is -0.115. The molecule has 0 bridgehead atoms. The molecule has 0 saturated heterocycles. The van der Waals surface area contributed by atoms with Crippen molar-refractivity contribution in [3.8, 4) is 0 Å². The Morgan fingerprint density at radius 2 is 1.95 bits per heavy atom. The molecule has 1 aliphatic rings. The zero-order chi connectivity index (χ0) is 13.9. The molecule has 0 unspecified atom stereocenters. The molecule has 20 heavy (non-hydrogen) atoms. The summed E-state index contributed by atoms with van der Waals surface area (Å²) in [6.45, 7) is 0.239. The van der Waals surface area contributed by atoms with Gasteiger partial charge in [0.25, 0.3) is 0 Å². The summed E-state index contributed by atoms with van der Waals surface area (Å²) < 4.78 is 5.25. The summed E-state index contributed by atoms with van der Waals surface area (Å²) in [6, 6.07) is 14.6. The molecule has 2 aromatic carbocycles. The average molecular weight is 267 g/mol. The highest BCUT2D eigenvalue weighted by Crippen LogP contribution is 2.24. The van der Waals surface area contributed by atoms with Crippen molar-refractivity contribution in [2.24, 2.45) is 0 Å². The summed E-state index contributed by atoms with van der Waals surface area (Å²) in [4.78, 5) is 23.2. The molecule has 0 aromatic heterocycles. The fourth-order valence-corrected chi connectivity index (χ4v) is 2.15. The van der Waals surface area contributed by atoms with E-state index in [4.69, 9.17) is 4.74 Å². The molecular formula is C16H13NO3. The van der Waals surface area contributed by atoms with Crippen LogP contribution in [0.15, 0.2) is 48.5 Å². The molecule has 1 N–H and O–H groups in total. The number of benzene rings is 2. The standard InChI is InChI=1S/C16H13NO3/c18-15-9-12-6-7-13(8-14(12)17-15)16(19)20-10-11-4-2-1-3-5-11/h1-8H,9-10H2,(H,17,18). The van der Waals surface area contributed by atoms with Crippen LogP contribution in [-0.2, 0) is 22.6 Å². The molecule has 1 aliphatic heterocycles. The summed E-state index contributed by atoms with van der Waals surface area (Å²) in [6.07, 6.45) is 0.370. The number of ether oxygens (including phenoxy) is 1. The van der Waals surface area contributed by atoms with Gasteiger partial charge in [0.05, 0.1) is 12.0 Å². The van der Waals surface area contributed by atoms with Crippen LogP contribution in [0, 0.1) is 0 Å². The van der Waals surface area contributed by atoms with Gasteiger partial charge in [0.2, 0.25) is 5.91 Å². The average Bonchev–Trinajstić information content (AvgIpc) is 2.85. The Hall–Kier alpha value is -2.62. The number of carbonyl (C=O) groups excluding carboxylic acids is 2. The van der Waals surface area contributed by atoms with E-state index in [1.165, 1.54) is 0 Å². The highest BCUT2D eigenvalue weighted by Gasteiger charge is 2.19. The lowest BCUT2D eigenvalue weighted by Gasteiger charge is -2.06. The number of anilines is 1. The van der Waals surface area contributed by atoms with Gasteiger partial charge in [0.1, 0.15) is 6.61 Å². The molecular weight excluding hydrogens is 254 g/mol. The quantitative estimate of drug-likeness (QED) is 0.869. The van der Waals surface area contributed by atoms with Crippen LogP contribution in [-0.4, -0.2) is 11.9 Å². The number of carbonyl (C=O) groups is 2. The number of fused-ring (bicyclic) bond motifs is 1. The van der Waals surface area contributed by atoms with E-state index in [0.717, 1.165) is 11.1 Å². The second-order valence-electron chi connectivity index (χ2n) is 4.66. The minimum absolute atomic E-state index is 0.0465. The predicted molar refractivity (Wildman–Crippen MR) is 74.3 cm³/mol. The highest BCUT2D eigenvalue weighted by molar-refractivity contribution is 6.01. The molecule has 0 fully saturated rings. The van der Waals surface area contributed by atoms with Gasteiger partial charge in [-0.25, -0.2) is 4.79 Å². The smallest absolute Gasteiger partial charge is 0.338 e. The van der Waals surface area contributed by atoms with Gasteiger partial charge < -0.3 is 10.1 Å². The second-order valence-corrected chi connectivity index (χ2v) is 4.66. The third-order valence-corrected chi connectivity index (χ3v) is 3.18. The summed E-state index contributed by atoms with van der Waals surface area (Å²) in [5.74, 6) is -0.437. The predicted octanol–water partition coefficient (Wildman–Crippen LogP) is 2.54. The number of amides is 1. The monoisotopic (exact) mass is 267 g/mol. The van der Waals surface area contributed by atoms with Crippen molar-refractivity contribution >= 4 is 17.6 Å². The minimum Gasteiger partial charge on any atom is -0.457 e. The van der Waals surface area contributed by atoms with Crippen LogP contribution < -0.4 is 5.32 Å². The largest absolute Gasteiger partial charge is 0.457 e. The lowest BCUT2D eigenvalue weighted by atomic mass is 10.1. The first-order valence-electron chi connectivity index (χ1n) is 6.36. The Morgan fingerprint density at radius 1 is 1.15 bits per heavy atom. The van der Waals surface area contributed by atoms with E-state index < -0.39 is 5.97 Å². The van der Waals surface area contributed by atoms with Gasteiger partial charge in [-0.2, -0.15) is 0 Å².